The Kier molecular flexibility index (Phi) is 4.99. The molecule has 4 heteroatoms. The molecular formula is C17H23N3S. The molecule has 21 heavy (non-hydrogen) atoms. The maximum Gasteiger partial charge on any atom is 0.0924 e. The highest BCUT2D eigenvalue weighted by Gasteiger charge is 2.24. The molecule has 1 aliphatic rings. The van der Waals surface area contributed by atoms with E-state index in [0.717, 1.165) is 25.1 Å². The van der Waals surface area contributed by atoms with Crippen LogP contribution >= 0.6 is 11.5 Å². The first-order valence-corrected chi connectivity index (χ1v) is 8.80. The monoisotopic (exact) mass is 301 g/mol. The first-order valence-electron chi connectivity index (χ1n) is 7.96. The van der Waals surface area contributed by atoms with Gasteiger partial charge in [-0.05, 0) is 67.2 Å². The topological polar surface area (TPSA) is 37.8 Å². The molecule has 1 heterocycles. The second kappa shape index (κ2) is 7.14. The van der Waals surface area contributed by atoms with Gasteiger partial charge in [0.25, 0.3) is 0 Å². The minimum atomic E-state index is 0.333. The van der Waals surface area contributed by atoms with E-state index in [4.69, 9.17) is 0 Å². The van der Waals surface area contributed by atoms with E-state index < -0.39 is 0 Å². The molecule has 0 spiro atoms. The van der Waals surface area contributed by atoms with Gasteiger partial charge in [0.05, 0.1) is 11.7 Å². The van der Waals surface area contributed by atoms with E-state index >= 15 is 0 Å². The molecule has 1 aromatic heterocycles. The van der Waals surface area contributed by atoms with E-state index in [-0.39, 0.29) is 0 Å². The molecule has 1 N–H and O–H groups in total. The minimum absolute atomic E-state index is 0.333. The Morgan fingerprint density at radius 3 is 3.10 bits per heavy atom. The molecule has 2 atom stereocenters. The van der Waals surface area contributed by atoms with Crippen LogP contribution in [0.4, 0.5) is 0 Å². The Bertz CT molecular complexity index is 553. The molecule has 0 radical (unpaired) electrons. The third-order valence-corrected chi connectivity index (χ3v) is 4.91. The molecule has 2 aromatic rings. The Hall–Kier alpha value is -1.26. The van der Waals surface area contributed by atoms with Crippen LogP contribution in [0.25, 0.3) is 0 Å². The molecular weight excluding hydrogens is 278 g/mol. The second-order valence-corrected chi connectivity index (χ2v) is 6.47. The normalized spacial score (nSPS) is 19.2. The van der Waals surface area contributed by atoms with Crippen LogP contribution in [0.2, 0.25) is 0 Å². The number of aromatic nitrogens is 2. The first-order chi connectivity index (χ1) is 10.4. The van der Waals surface area contributed by atoms with Crippen molar-refractivity contribution in [1.82, 2.24) is 14.9 Å². The summed E-state index contributed by atoms with van der Waals surface area (Å²) in [4.78, 5) is 0. The third kappa shape index (κ3) is 3.50. The lowest BCUT2D eigenvalue weighted by Gasteiger charge is -2.28. The molecule has 0 amide bonds. The van der Waals surface area contributed by atoms with Crippen LogP contribution in [-0.4, -0.2) is 16.1 Å². The number of hydrogen-bond acceptors (Lipinski definition) is 4. The van der Waals surface area contributed by atoms with Gasteiger partial charge in [-0.2, -0.15) is 0 Å². The van der Waals surface area contributed by atoms with Crippen LogP contribution in [0.3, 0.4) is 0 Å². The number of fused-ring (bicyclic) bond motifs is 1. The summed E-state index contributed by atoms with van der Waals surface area (Å²) in [5.41, 5.74) is 4.20. The van der Waals surface area contributed by atoms with Crippen LogP contribution in [-0.2, 0) is 6.42 Å². The summed E-state index contributed by atoms with van der Waals surface area (Å²) in [6.45, 7) is 3.25. The van der Waals surface area contributed by atoms with Gasteiger partial charge in [-0.25, -0.2) is 0 Å². The van der Waals surface area contributed by atoms with Gasteiger partial charge in [0.15, 0.2) is 0 Å². The SMILES string of the molecule is CCCNC(CC1CCCc2ccccc21)c1csnn1. The number of nitrogens with one attached hydrogen (secondary N) is 1. The average Bonchev–Trinajstić information content (AvgIpc) is 3.06. The molecule has 112 valence electrons. The smallest absolute Gasteiger partial charge is 0.0924 e. The molecule has 3 rings (SSSR count). The lowest BCUT2D eigenvalue weighted by Crippen LogP contribution is -2.25. The highest BCUT2D eigenvalue weighted by atomic mass is 32.1. The van der Waals surface area contributed by atoms with Gasteiger partial charge in [0.2, 0.25) is 0 Å². The van der Waals surface area contributed by atoms with Crippen molar-refractivity contribution in [3.63, 3.8) is 0 Å². The van der Waals surface area contributed by atoms with Crippen LogP contribution in [0.15, 0.2) is 29.6 Å². The van der Waals surface area contributed by atoms with Crippen molar-refractivity contribution >= 4 is 11.5 Å². The zero-order valence-electron chi connectivity index (χ0n) is 12.6. The maximum absolute atomic E-state index is 4.30. The van der Waals surface area contributed by atoms with Gasteiger partial charge < -0.3 is 5.32 Å². The van der Waals surface area contributed by atoms with Gasteiger partial charge >= 0.3 is 0 Å². The summed E-state index contributed by atoms with van der Waals surface area (Å²) >= 11 is 1.45. The van der Waals surface area contributed by atoms with Gasteiger partial charge in [-0.3, -0.25) is 0 Å². The quantitative estimate of drug-likeness (QED) is 0.873. The highest BCUT2D eigenvalue weighted by Crippen LogP contribution is 2.37. The molecule has 0 aliphatic heterocycles. The summed E-state index contributed by atoms with van der Waals surface area (Å²) < 4.78 is 4.04. The Balaban J connectivity index is 1.77. The third-order valence-electron chi connectivity index (χ3n) is 4.39. The fourth-order valence-corrected chi connectivity index (χ4v) is 3.84. The molecule has 0 saturated heterocycles. The Morgan fingerprint density at radius 1 is 1.38 bits per heavy atom. The van der Waals surface area contributed by atoms with Crippen molar-refractivity contribution in [1.29, 1.82) is 0 Å². The van der Waals surface area contributed by atoms with Crippen molar-refractivity contribution in [3.8, 4) is 0 Å². The standard InChI is InChI=1S/C17H23N3S/c1-2-10-18-16(17-12-21-20-19-17)11-14-8-5-7-13-6-3-4-9-15(13)14/h3-4,6,9,12,14,16,18H,2,5,7-8,10-11H2,1H3. The molecule has 1 aliphatic carbocycles. The molecule has 2 unspecified atom stereocenters. The van der Waals surface area contributed by atoms with Crippen molar-refractivity contribution < 1.29 is 0 Å². The number of aryl methyl sites for hydroxylation is 1. The second-order valence-electron chi connectivity index (χ2n) is 5.86. The molecule has 0 fully saturated rings. The summed E-state index contributed by atoms with van der Waals surface area (Å²) in [5.74, 6) is 0.644. The van der Waals surface area contributed by atoms with E-state index in [9.17, 15) is 0 Å². The zero-order chi connectivity index (χ0) is 14.5. The fraction of sp³-hybridized carbons (Fsp3) is 0.529. The molecule has 1 aromatic carbocycles. The maximum atomic E-state index is 4.30. The van der Waals surface area contributed by atoms with Gasteiger partial charge in [-0.15, -0.1) is 5.10 Å². The van der Waals surface area contributed by atoms with Crippen molar-refractivity contribution in [2.75, 3.05) is 6.54 Å². The lowest BCUT2D eigenvalue weighted by atomic mass is 9.79. The number of nitrogens with zero attached hydrogens (tertiary/aromatic N) is 2. The van der Waals surface area contributed by atoms with Gasteiger partial charge in [0, 0.05) is 5.38 Å². The average molecular weight is 301 g/mol. The predicted octanol–water partition coefficient (Wildman–Crippen LogP) is 4.09. The van der Waals surface area contributed by atoms with E-state index in [1.54, 1.807) is 11.1 Å². The minimum Gasteiger partial charge on any atom is -0.309 e. The Morgan fingerprint density at radius 2 is 2.29 bits per heavy atom. The molecule has 0 bridgehead atoms. The Labute approximate surface area is 131 Å². The van der Waals surface area contributed by atoms with Crippen molar-refractivity contribution in [3.05, 3.63) is 46.5 Å². The van der Waals surface area contributed by atoms with Gasteiger partial charge in [0.1, 0.15) is 0 Å². The molecule has 3 nitrogen and oxygen atoms in total. The summed E-state index contributed by atoms with van der Waals surface area (Å²) in [7, 11) is 0. The fourth-order valence-electron chi connectivity index (χ4n) is 3.33. The van der Waals surface area contributed by atoms with Crippen molar-refractivity contribution in [2.24, 2.45) is 0 Å². The zero-order valence-corrected chi connectivity index (χ0v) is 13.4. The number of benzene rings is 1. The summed E-state index contributed by atoms with van der Waals surface area (Å²) in [6, 6.07) is 9.28. The van der Waals surface area contributed by atoms with Crippen LogP contribution in [0.5, 0.6) is 0 Å². The van der Waals surface area contributed by atoms with E-state index in [1.807, 2.05) is 0 Å². The predicted molar refractivity (Wildman–Crippen MR) is 87.7 cm³/mol. The van der Waals surface area contributed by atoms with Crippen LogP contribution in [0, 0.1) is 0 Å². The number of hydrogen-bond donors (Lipinski definition) is 1. The highest BCUT2D eigenvalue weighted by molar-refractivity contribution is 7.03. The van der Waals surface area contributed by atoms with Crippen molar-refractivity contribution in [2.45, 2.75) is 51.0 Å². The van der Waals surface area contributed by atoms with E-state index in [0.29, 0.717) is 12.0 Å². The van der Waals surface area contributed by atoms with Crippen LogP contribution < -0.4 is 5.32 Å². The summed E-state index contributed by atoms with van der Waals surface area (Å²) in [5, 5.41) is 10.0. The lowest BCUT2D eigenvalue weighted by molar-refractivity contribution is 0.413. The first kappa shape index (κ1) is 14.7. The largest absolute Gasteiger partial charge is 0.309 e. The van der Waals surface area contributed by atoms with E-state index in [1.165, 1.54) is 30.8 Å². The van der Waals surface area contributed by atoms with Crippen LogP contribution in [0.1, 0.15) is 61.4 Å². The van der Waals surface area contributed by atoms with E-state index in [2.05, 4.69) is 51.5 Å². The molecule has 0 saturated carbocycles. The number of rotatable bonds is 6. The van der Waals surface area contributed by atoms with Gasteiger partial charge in [-0.1, -0.05) is 35.7 Å². The summed E-state index contributed by atoms with van der Waals surface area (Å²) in [6.07, 6.45) is 6.10.